The molecule has 14 heteroatoms. The van der Waals surface area contributed by atoms with Crippen LogP contribution >= 0.6 is 0 Å². The van der Waals surface area contributed by atoms with Crippen LogP contribution in [-0.2, 0) is 15.8 Å². The third-order valence-corrected chi connectivity index (χ3v) is 9.12. The van der Waals surface area contributed by atoms with Crippen molar-refractivity contribution in [1.29, 1.82) is 0 Å². The summed E-state index contributed by atoms with van der Waals surface area (Å²) in [6.07, 6.45) is -0.469. The molecular formula is C32H29F4N5O5. The fourth-order valence-electron chi connectivity index (χ4n) is 6.19. The number of nitrogens with one attached hydrogen (secondary N) is 1. The summed E-state index contributed by atoms with van der Waals surface area (Å²) in [4.78, 5) is 30.4. The van der Waals surface area contributed by atoms with Crippen molar-refractivity contribution in [2.24, 2.45) is 11.7 Å². The zero-order valence-electron chi connectivity index (χ0n) is 24.5. The molecule has 2 amide bonds. The number of nitrogens with zero attached hydrogens (tertiary/aromatic N) is 3. The number of alkyl halides is 3. The molecule has 4 N–H and O–H groups in total. The van der Waals surface area contributed by atoms with Crippen LogP contribution in [0.4, 0.5) is 17.6 Å². The van der Waals surface area contributed by atoms with Crippen LogP contribution in [0.1, 0.15) is 53.3 Å². The third-order valence-electron chi connectivity index (χ3n) is 9.12. The molecule has 0 unspecified atom stereocenters. The normalized spacial score (nSPS) is 20.6. The van der Waals surface area contributed by atoms with Gasteiger partial charge < -0.3 is 25.6 Å². The summed E-state index contributed by atoms with van der Waals surface area (Å²) in [5.41, 5.74) is 0.413. The van der Waals surface area contributed by atoms with E-state index in [0.29, 0.717) is 23.7 Å². The Balaban J connectivity index is 1.29. The number of hydrogen-bond acceptors (Lipinski definition) is 7. The minimum absolute atomic E-state index is 0.00647. The summed E-state index contributed by atoms with van der Waals surface area (Å²) in [7, 11) is 1.39. The van der Waals surface area contributed by atoms with Crippen LogP contribution in [0.15, 0.2) is 48.7 Å². The van der Waals surface area contributed by atoms with Gasteiger partial charge in [-0.2, -0.15) is 18.3 Å². The first-order chi connectivity index (χ1) is 21.9. The fraction of sp³-hybridized carbons (Fsp3) is 0.375. The first-order valence-corrected chi connectivity index (χ1v) is 14.7. The second kappa shape index (κ2) is 10.4. The fourth-order valence-corrected chi connectivity index (χ4v) is 6.19. The van der Waals surface area contributed by atoms with E-state index in [1.807, 2.05) is 0 Å². The van der Waals surface area contributed by atoms with E-state index in [0.717, 1.165) is 31.0 Å². The lowest BCUT2D eigenvalue weighted by molar-refractivity contribution is -0.265. The summed E-state index contributed by atoms with van der Waals surface area (Å²) < 4.78 is 71.4. The molecular weight excluding hydrogens is 610 g/mol. The average Bonchev–Trinajstić information content (AvgIpc) is 3.97. The van der Waals surface area contributed by atoms with E-state index < -0.39 is 47.1 Å². The van der Waals surface area contributed by atoms with Crippen LogP contribution in [0, 0.1) is 11.7 Å². The summed E-state index contributed by atoms with van der Waals surface area (Å²) in [6, 6.07) is 8.88. The van der Waals surface area contributed by atoms with E-state index in [9.17, 15) is 32.3 Å². The number of amides is 2. The van der Waals surface area contributed by atoms with Gasteiger partial charge in [0.25, 0.3) is 5.91 Å². The molecule has 3 heterocycles. The number of halogens is 4. The Labute approximate surface area is 259 Å². The SMILES string of the molecule is COc1cc(C(=O)NC[C@](O)(c2cc3c(c(-c4ccc(F)cc4)n2)OC[C@@]3(C(N)=O)C2CC2)C(F)(F)F)cc2cn(C3CC3)nc12. The second-order valence-corrected chi connectivity index (χ2v) is 12.1. The van der Waals surface area contributed by atoms with Gasteiger partial charge in [-0.15, -0.1) is 0 Å². The topological polar surface area (TPSA) is 142 Å². The van der Waals surface area contributed by atoms with Gasteiger partial charge in [0.2, 0.25) is 11.5 Å². The van der Waals surface area contributed by atoms with Gasteiger partial charge >= 0.3 is 6.18 Å². The van der Waals surface area contributed by atoms with E-state index in [-0.39, 0.29) is 52.4 Å². The summed E-state index contributed by atoms with van der Waals surface area (Å²) in [5.74, 6) is -2.27. The molecule has 2 fully saturated rings. The Morgan fingerprint density at radius 2 is 1.87 bits per heavy atom. The number of aromatic nitrogens is 3. The monoisotopic (exact) mass is 639 g/mol. The highest BCUT2D eigenvalue weighted by Gasteiger charge is 2.60. The van der Waals surface area contributed by atoms with Crippen molar-refractivity contribution in [1.82, 2.24) is 20.1 Å². The van der Waals surface area contributed by atoms with Gasteiger partial charge in [-0.1, -0.05) is 0 Å². The van der Waals surface area contributed by atoms with Gasteiger partial charge in [0.1, 0.15) is 40.5 Å². The van der Waals surface area contributed by atoms with Gasteiger partial charge in [0, 0.05) is 28.3 Å². The molecule has 46 heavy (non-hydrogen) atoms. The molecule has 10 nitrogen and oxygen atoms in total. The van der Waals surface area contributed by atoms with Crippen molar-refractivity contribution >= 4 is 22.7 Å². The molecule has 0 saturated heterocycles. The maximum atomic E-state index is 14.9. The number of rotatable bonds is 9. The number of hydrogen-bond donors (Lipinski definition) is 3. The predicted octanol–water partition coefficient (Wildman–Crippen LogP) is 4.29. The maximum absolute atomic E-state index is 14.9. The van der Waals surface area contributed by atoms with Crippen molar-refractivity contribution in [2.45, 2.75) is 48.9 Å². The smallest absolute Gasteiger partial charge is 0.424 e. The standard InChI is InChI=1S/C32H29F4N5O5/c1-45-23-11-17(10-18-13-41(21-8-9-21)40-25(18)23)28(42)38-14-31(44,32(34,35)36)24-12-22-27(26(39-24)16-2-6-20(33)7-3-16)46-15-30(22,29(37)43)19-4-5-19/h2-3,6-7,10-13,19,21,44H,4-5,8-9,14-15H2,1H3,(H2,37,43)(H,38,42)/t30-,31+/m1/s1. The van der Waals surface area contributed by atoms with Crippen molar-refractivity contribution in [3.05, 3.63) is 71.3 Å². The van der Waals surface area contributed by atoms with Gasteiger partial charge in [-0.05, 0) is 74.1 Å². The van der Waals surface area contributed by atoms with Crippen LogP contribution in [-0.4, -0.2) is 58.1 Å². The Bertz CT molecular complexity index is 1890. The number of pyridine rings is 1. The molecule has 4 aromatic rings. The van der Waals surface area contributed by atoms with Crippen LogP contribution < -0.4 is 20.5 Å². The Morgan fingerprint density at radius 1 is 1.15 bits per heavy atom. The molecule has 7 rings (SSSR count). The van der Waals surface area contributed by atoms with Gasteiger partial charge in [-0.25, -0.2) is 9.37 Å². The number of ether oxygens (including phenoxy) is 2. The lowest BCUT2D eigenvalue weighted by Gasteiger charge is -2.32. The second-order valence-electron chi connectivity index (χ2n) is 12.1. The highest BCUT2D eigenvalue weighted by atomic mass is 19.4. The Morgan fingerprint density at radius 3 is 2.48 bits per heavy atom. The number of methoxy groups -OCH3 is 1. The molecule has 2 saturated carbocycles. The molecule has 0 spiro atoms. The minimum atomic E-state index is -5.34. The molecule has 2 atom stereocenters. The number of primary amides is 1. The molecule has 1 aliphatic heterocycles. The van der Waals surface area contributed by atoms with Crippen molar-refractivity contribution in [3.63, 3.8) is 0 Å². The zero-order chi connectivity index (χ0) is 32.6. The van der Waals surface area contributed by atoms with Gasteiger partial charge in [0.15, 0.2) is 0 Å². The number of nitrogens with two attached hydrogens (primary N) is 1. The number of carbonyl (C=O) groups excluding carboxylic acids is 2. The van der Waals surface area contributed by atoms with E-state index in [1.54, 1.807) is 10.9 Å². The van der Waals surface area contributed by atoms with Gasteiger partial charge in [0.05, 0.1) is 25.4 Å². The zero-order valence-corrected chi connectivity index (χ0v) is 24.5. The summed E-state index contributed by atoms with van der Waals surface area (Å²) in [6.45, 7) is -1.54. The highest BCUT2D eigenvalue weighted by molar-refractivity contribution is 6.00. The molecule has 0 bridgehead atoms. The largest absolute Gasteiger partial charge is 0.494 e. The number of fused-ring (bicyclic) bond motifs is 2. The van der Waals surface area contributed by atoms with Crippen molar-refractivity contribution in [3.8, 4) is 22.8 Å². The van der Waals surface area contributed by atoms with E-state index in [2.05, 4.69) is 15.4 Å². The lowest BCUT2D eigenvalue weighted by Crippen LogP contribution is -2.52. The van der Waals surface area contributed by atoms with Gasteiger partial charge in [-0.3, -0.25) is 14.3 Å². The summed E-state index contributed by atoms with van der Waals surface area (Å²) in [5, 5.41) is 18.7. The first kappa shape index (κ1) is 30.0. The van der Waals surface area contributed by atoms with E-state index in [1.165, 1.54) is 31.4 Å². The molecule has 2 aliphatic carbocycles. The average molecular weight is 640 g/mol. The van der Waals surface area contributed by atoms with Crippen LogP contribution in [0.25, 0.3) is 22.2 Å². The first-order valence-electron chi connectivity index (χ1n) is 14.7. The predicted molar refractivity (Wildman–Crippen MR) is 156 cm³/mol. The quantitative estimate of drug-likeness (QED) is 0.232. The molecule has 0 radical (unpaired) electrons. The highest BCUT2D eigenvalue weighted by Crippen LogP contribution is 2.56. The van der Waals surface area contributed by atoms with E-state index in [4.69, 9.17) is 15.2 Å². The lowest BCUT2D eigenvalue weighted by atomic mass is 9.76. The molecule has 2 aromatic carbocycles. The van der Waals surface area contributed by atoms with Crippen LogP contribution in [0.2, 0.25) is 0 Å². The number of carbonyl (C=O) groups is 2. The van der Waals surface area contributed by atoms with Crippen LogP contribution in [0.5, 0.6) is 11.5 Å². The summed E-state index contributed by atoms with van der Waals surface area (Å²) >= 11 is 0. The maximum Gasteiger partial charge on any atom is 0.424 e. The number of aliphatic hydroxyl groups is 1. The van der Waals surface area contributed by atoms with Crippen LogP contribution in [0.3, 0.4) is 0 Å². The molecule has 3 aliphatic rings. The van der Waals surface area contributed by atoms with E-state index >= 15 is 0 Å². The Hall–Kier alpha value is -4.72. The third kappa shape index (κ3) is 4.73. The molecule has 240 valence electrons. The van der Waals surface area contributed by atoms with Crippen molar-refractivity contribution < 1.29 is 41.7 Å². The number of benzene rings is 2. The molecule has 2 aromatic heterocycles. The Kier molecular flexibility index (Phi) is 6.78. The minimum Gasteiger partial charge on any atom is -0.494 e. The van der Waals surface area contributed by atoms with Crippen molar-refractivity contribution in [2.75, 3.05) is 20.3 Å².